The quantitative estimate of drug-likeness (QED) is 0.843. The average molecular weight is 375 g/mol. The molecule has 1 aliphatic heterocycles. The first-order chi connectivity index (χ1) is 12.7. The number of ether oxygens (including phenoxy) is 2. The van der Waals surface area contributed by atoms with Gasteiger partial charge >= 0.3 is 0 Å². The van der Waals surface area contributed by atoms with Crippen molar-refractivity contribution < 1.29 is 14.3 Å². The van der Waals surface area contributed by atoms with Gasteiger partial charge in [-0.2, -0.15) is 0 Å². The molecule has 1 heterocycles. The summed E-state index contributed by atoms with van der Waals surface area (Å²) in [6, 6.07) is 14.9. The molecule has 0 unspecified atom stereocenters. The molecule has 1 atom stereocenters. The average Bonchev–Trinajstić information content (AvgIpc) is 2.69. The third-order valence-electron chi connectivity index (χ3n) is 4.53. The number of morpholine rings is 1. The van der Waals surface area contributed by atoms with Crippen LogP contribution < -0.4 is 10.1 Å². The molecule has 0 aliphatic carbocycles. The van der Waals surface area contributed by atoms with Crippen molar-refractivity contribution in [1.82, 2.24) is 10.2 Å². The van der Waals surface area contributed by atoms with Crippen LogP contribution in [0.1, 0.15) is 22.0 Å². The summed E-state index contributed by atoms with van der Waals surface area (Å²) in [6.45, 7) is 3.57. The van der Waals surface area contributed by atoms with Crippen LogP contribution >= 0.6 is 11.6 Å². The topological polar surface area (TPSA) is 50.8 Å². The fourth-order valence-corrected chi connectivity index (χ4v) is 3.21. The number of methoxy groups -OCH3 is 1. The number of halogens is 1. The predicted octanol–water partition coefficient (Wildman–Crippen LogP) is 3.15. The van der Waals surface area contributed by atoms with E-state index in [0.29, 0.717) is 30.3 Å². The SMILES string of the molecule is COc1cccc([C@@H](CNC(=O)c2ccc(Cl)cc2)N2CCOCC2)c1. The lowest BCUT2D eigenvalue weighted by molar-refractivity contribution is 0.0162. The van der Waals surface area contributed by atoms with E-state index in [1.54, 1.807) is 31.4 Å². The molecule has 1 aliphatic rings. The van der Waals surface area contributed by atoms with E-state index in [1.807, 2.05) is 18.2 Å². The molecular weight excluding hydrogens is 352 g/mol. The van der Waals surface area contributed by atoms with E-state index in [4.69, 9.17) is 21.1 Å². The highest BCUT2D eigenvalue weighted by molar-refractivity contribution is 6.30. The Hall–Kier alpha value is -2.08. The molecule has 26 heavy (non-hydrogen) atoms. The molecule has 1 saturated heterocycles. The van der Waals surface area contributed by atoms with Crippen molar-refractivity contribution in [2.45, 2.75) is 6.04 Å². The van der Waals surface area contributed by atoms with Gasteiger partial charge in [-0.1, -0.05) is 23.7 Å². The van der Waals surface area contributed by atoms with Gasteiger partial charge in [0.05, 0.1) is 26.4 Å². The van der Waals surface area contributed by atoms with Gasteiger partial charge in [0.1, 0.15) is 5.75 Å². The van der Waals surface area contributed by atoms with E-state index in [-0.39, 0.29) is 11.9 Å². The highest BCUT2D eigenvalue weighted by Gasteiger charge is 2.23. The summed E-state index contributed by atoms with van der Waals surface area (Å²) in [5.74, 6) is 0.701. The Bertz CT molecular complexity index is 730. The van der Waals surface area contributed by atoms with Crippen molar-refractivity contribution >= 4 is 17.5 Å². The first kappa shape index (κ1) is 18.7. The van der Waals surface area contributed by atoms with Crippen molar-refractivity contribution in [2.75, 3.05) is 40.0 Å². The van der Waals surface area contributed by atoms with Crippen molar-refractivity contribution in [1.29, 1.82) is 0 Å². The van der Waals surface area contributed by atoms with E-state index in [2.05, 4.69) is 16.3 Å². The Balaban J connectivity index is 1.74. The Morgan fingerprint density at radius 2 is 1.96 bits per heavy atom. The molecule has 2 aromatic rings. The summed E-state index contributed by atoms with van der Waals surface area (Å²) in [6.07, 6.45) is 0. The first-order valence-electron chi connectivity index (χ1n) is 8.67. The molecule has 6 heteroatoms. The van der Waals surface area contributed by atoms with Crippen LogP contribution in [0.4, 0.5) is 0 Å². The zero-order chi connectivity index (χ0) is 18.4. The molecule has 1 N–H and O–H groups in total. The number of nitrogens with one attached hydrogen (secondary N) is 1. The number of hydrogen-bond acceptors (Lipinski definition) is 4. The van der Waals surface area contributed by atoms with E-state index in [9.17, 15) is 4.79 Å². The molecule has 0 radical (unpaired) electrons. The number of carbonyl (C=O) groups is 1. The monoisotopic (exact) mass is 374 g/mol. The maximum atomic E-state index is 12.5. The number of carbonyl (C=O) groups excluding carboxylic acids is 1. The lowest BCUT2D eigenvalue weighted by Gasteiger charge is -2.35. The summed E-state index contributed by atoms with van der Waals surface area (Å²) in [5, 5.41) is 3.66. The Labute approximate surface area is 158 Å². The largest absolute Gasteiger partial charge is 0.497 e. The third kappa shape index (κ3) is 4.75. The highest BCUT2D eigenvalue weighted by atomic mass is 35.5. The van der Waals surface area contributed by atoms with Crippen LogP contribution in [0, 0.1) is 0 Å². The Morgan fingerprint density at radius 3 is 2.65 bits per heavy atom. The molecular formula is C20H23ClN2O3. The zero-order valence-corrected chi connectivity index (χ0v) is 15.5. The first-order valence-corrected chi connectivity index (χ1v) is 9.04. The summed E-state index contributed by atoms with van der Waals surface area (Å²) >= 11 is 5.89. The second kappa shape index (κ2) is 9.03. The van der Waals surface area contributed by atoms with Crippen LogP contribution in [-0.4, -0.2) is 50.8 Å². The van der Waals surface area contributed by atoms with Gasteiger partial charge in [0, 0.05) is 30.2 Å². The smallest absolute Gasteiger partial charge is 0.251 e. The Kier molecular flexibility index (Phi) is 6.50. The molecule has 0 bridgehead atoms. The van der Waals surface area contributed by atoms with Crippen LogP contribution in [-0.2, 0) is 4.74 Å². The van der Waals surface area contributed by atoms with Crippen LogP contribution in [0.5, 0.6) is 5.75 Å². The van der Waals surface area contributed by atoms with E-state index in [0.717, 1.165) is 24.4 Å². The molecule has 2 aromatic carbocycles. The normalized spacial score (nSPS) is 16.1. The molecule has 3 rings (SSSR count). The third-order valence-corrected chi connectivity index (χ3v) is 4.78. The number of rotatable bonds is 6. The van der Waals surface area contributed by atoms with Crippen molar-refractivity contribution in [3.63, 3.8) is 0 Å². The van der Waals surface area contributed by atoms with Gasteiger partial charge in [0.25, 0.3) is 5.91 Å². The molecule has 0 aromatic heterocycles. The fourth-order valence-electron chi connectivity index (χ4n) is 3.09. The molecule has 1 fully saturated rings. The van der Waals surface area contributed by atoms with E-state index >= 15 is 0 Å². The summed E-state index contributed by atoms with van der Waals surface area (Å²) in [5.41, 5.74) is 1.71. The second-order valence-electron chi connectivity index (χ2n) is 6.16. The maximum Gasteiger partial charge on any atom is 0.251 e. The van der Waals surface area contributed by atoms with E-state index in [1.165, 1.54) is 0 Å². The minimum Gasteiger partial charge on any atom is -0.497 e. The van der Waals surface area contributed by atoms with Gasteiger partial charge < -0.3 is 14.8 Å². The molecule has 0 spiro atoms. The minimum atomic E-state index is -0.108. The van der Waals surface area contributed by atoms with Crippen molar-refractivity contribution in [2.24, 2.45) is 0 Å². The summed E-state index contributed by atoms with van der Waals surface area (Å²) in [7, 11) is 1.66. The number of amides is 1. The second-order valence-corrected chi connectivity index (χ2v) is 6.59. The molecule has 138 valence electrons. The summed E-state index contributed by atoms with van der Waals surface area (Å²) in [4.78, 5) is 14.8. The van der Waals surface area contributed by atoms with Gasteiger partial charge in [-0.15, -0.1) is 0 Å². The molecule has 5 nitrogen and oxygen atoms in total. The lowest BCUT2D eigenvalue weighted by Crippen LogP contribution is -2.43. The van der Waals surface area contributed by atoms with Gasteiger partial charge in [-0.25, -0.2) is 0 Å². The van der Waals surface area contributed by atoms with Crippen molar-refractivity contribution in [3.05, 3.63) is 64.7 Å². The summed E-state index contributed by atoms with van der Waals surface area (Å²) < 4.78 is 10.8. The van der Waals surface area contributed by atoms with E-state index < -0.39 is 0 Å². The van der Waals surface area contributed by atoms with Crippen molar-refractivity contribution in [3.8, 4) is 5.75 Å². The Morgan fingerprint density at radius 1 is 1.23 bits per heavy atom. The molecule has 0 saturated carbocycles. The predicted molar refractivity (Wildman–Crippen MR) is 102 cm³/mol. The number of hydrogen-bond donors (Lipinski definition) is 1. The standard InChI is InChI=1S/C20H23ClN2O3/c1-25-18-4-2-3-16(13-18)19(23-9-11-26-12-10-23)14-22-20(24)15-5-7-17(21)8-6-15/h2-8,13,19H,9-12,14H2,1H3,(H,22,24)/t19-/m1/s1. The zero-order valence-electron chi connectivity index (χ0n) is 14.8. The van der Waals surface area contributed by atoms with Crippen LogP contribution in [0.25, 0.3) is 0 Å². The fraction of sp³-hybridized carbons (Fsp3) is 0.350. The van der Waals surface area contributed by atoms with Gasteiger partial charge in [-0.3, -0.25) is 9.69 Å². The van der Waals surface area contributed by atoms with Gasteiger partial charge in [0.15, 0.2) is 0 Å². The van der Waals surface area contributed by atoms with Gasteiger partial charge in [-0.05, 0) is 42.0 Å². The minimum absolute atomic E-state index is 0.0604. The van der Waals surface area contributed by atoms with Gasteiger partial charge in [0.2, 0.25) is 0 Å². The van der Waals surface area contributed by atoms with Crippen LogP contribution in [0.15, 0.2) is 48.5 Å². The number of benzene rings is 2. The van der Waals surface area contributed by atoms with Crippen LogP contribution in [0.3, 0.4) is 0 Å². The maximum absolute atomic E-state index is 12.5. The molecule has 1 amide bonds. The highest BCUT2D eigenvalue weighted by Crippen LogP contribution is 2.25. The lowest BCUT2D eigenvalue weighted by atomic mass is 10.0. The van der Waals surface area contributed by atoms with Crippen LogP contribution in [0.2, 0.25) is 5.02 Å². The number of nitrogens with zero attached hydrogens (tertiary/aromatic N) is 1.